The normalized spacial score (nSPS) is 11.4. The number of aryl methyl sites for hydroxylation is 1. The lowest BCUT2D eigenvalue weighted by Crippen LogP contribution is -2.14. The molecule has 0 saturated heterocycles. The van der Waals surface area contributed by atoms with Crippen LogP contribution in [0.5, 0.6) is 5.75 Å². The summed E-state index contributed by atoms with van der Waals surface area (Å²) < 4.78 is 33.3. The SMILES string of the molecule is COc1ccc(S(=O)(=O)Nc2nnc(-c3ccc(C)cc3)s2)c(C)c1C. The predicted octanol–water partition coefficient (Wildman–Crippen LogP) is 3.94. The average molecular weight is 390 g/mol. The van der Waals surface area contributed by atoms with Gasteiger partial charge in [-0.25, -0.2) is 8.42 Å². The van der Waals surface area contributed by atoms with Gasteiger partial charge >= 0.3 is 0 Å². The minimum Gasteiger partial charge on any atom is -0.496 e. The van der Waals surface area contributed by atoms with Gasteiger partial charge in [0.05, 0.1) is 12.0 Å². The highest BCUT2D eigenvalue weighted by Gasteiger charge is 2.21. The van der Waals surface area contributed by atoms with Crippen LogP contribution in [0.1, 0.15) is 16.7 Å². The van der Waals surface area contributed by atoms with Crippen molar-refractivity contribution in [1.29, 1.82) is 0 Å². The van der Waals surface area contributed by atoms with E-state index in [2.05, 4.69) is 14.9 Å². The van der Waals surface area contributed by atoms with Gasteiger partial charge in [0.1, 0.15) is 10.8 Å². The van der Waals surface area contributed by atoms with Crippen LogP contribution in [0.4, 0.5) is 5.13 Å². The van der Waals surface area contributed by atoms with Crippen LogP contribution < -0.4 is 9.46 Å². The van der Waals surface area contributed by atoms with Gasteiger partial charge in [0.25, 0.3) is 10.0 Å². The highest BCUT2D eigenvalue weighted by molar-refractivity contribution is 7.93. The summed E-state index contributed by atoms with van der Waals surface area (Å²) in [4.78, 5) is 0.197. The number of anilines is 1. The molecule has 0 radical (unpaired) electrons. The third-order valence-electron chi connectivity index (χ3n) is 4.14. The van der Waals surface area contributed by atoms with Crippen molar-refractivity contribution in [3.63, 3.8) is 0 Å². The molecule has 0 unspecified atom stereocenters. The van der Waals surface area contributed by atoms with Crippen molar-refractivity contribution in [3.05, 3.63) is 53.1 Å². The molecule has 1 heterocycles. The second-order valence-corrected chi connectivity index (χ2v) is 8.53. The van der Waals surface area contributed by atoms with E-state index >= 15 is 0 Å². The Hall–Kier alpha value is -2.45. The summed E-state index contributed by atoms with van der Waals surface area (Å²) in [5, 5.41) is 8.94. The van der Waals surface area contributed by atoms with E-state index in [9.17, 15) is 8.42 Å². The minimum absolute atomic E-state index is 0.197. The molecule has 6 nitrogen and oxygen atoms in total. The monoisotopic (exact) mass is 389 g/mol. The fourth-order valence-electron chi connectivity index (χ4n) is 2.53. The molecule has 8 heteroatoms. The van der Waals surface area contributed by atoms with E-state index in [0.717, 1.165) is 16.7 Å². The van der Waals surface area contributed by atoms with Gasteiger partial charge in [-0.15, -0.1) is 10.2 Å². The predicted molar refractivity (Wildman–Crippen MR) is 103 cm³/mol. The fraction of sp³-hybridized carbons (Fsp3) is 0.222. The van der Waals surface area contributed by atoms with E-state index in [0.29, 0.717) is 16.3 Å². The quantitative estimate of drug-likeness (QED) is 0.715. The average Bonchev–Trinajstić information content (AvgIpc) is 3.05. The van der Waals surface area contributed by atoms with E-state index in [1.54, 1.807) is 20.1 Å². The van der Waals surface area contributed by atoms with E-state index < -0.39 is 10.0 Å². The summed E-state index contributed by atoms with van der Waals surface area (Å²) in [6.07, 6.45) is 0. The lowest BCUT2D eigenvalue weighted by atomic mass is 10.1. The zero-order chi connectivity index (χ0) is 18.9. The largest absolute Gasteiger partial charge is 0.496 e. The highest BCUT2D eigenvalue weighted by atomic mass is 32.2. The van der Waals surface area contributed by atoms with Crippen molar-refractivity contribution in [2.24, 2.45) is 0 Å². The molecule has 0 amide bonds. The maximum absolute atomic E-state index is 12.8. The van der Waals surface area contributed by atoms with Gasteiger partial charge in [0.15, 0.2) is 0 Å². The molecule has 0 atom stereocenters. The molecule has 0 aliphatic carbocycles. The number of ether oxygens (including phenoxy) is 1. The number of rotatable bonds is 5. The van der Waals surface area contributed by atoms with Crippen LogP contribution in [-0.4, -0.2) is 25.7 Å². The van der Waals surface area contributed by atoms with Gasteiger partial charge < -0.3 is 4.74 Å². The van der Waals surface area contributed by atoms with Crippen molar-refractivity contribution in [3.8, 4) is 16.3 Å². The summed E-state index contributed by atoms with van der Waals surface area (Å²) in [6.45, 7) is 5.58. The van der Waals surface area contributed by atoms with E-state index in [1.165, 1.54) is 17.4 Å². The molecule has 3 rings (SSSR count). The van der Waals surface area contributed by atoms with Crippen LogP contribution in [0.25, 0.3) is 10.6 Å². The van der Waals surface area contributed by atoms with Gasteiger partial charge in [-0.2, -0.15) is 0 Å². The maximum Gasteiger partial charge on any atom is 0.263 e. The lowest BCUT2D eigenvalue weighted by molar-refractivity contribution is 0.411. The minimum atomic E-state index is -3.76. The Kier molecular flexibility index (Phi) is 4.97. The number of hydrogen-bond acceptors (Lipinski definition) is 6. The molecule has 0 spiro atoms. The number of nitrogens with one attached hydrogen (secondary N) is 1. The second-order valence-electron chi connectivity index (χ2n) is 5.90. The van der Waals surface area contributed by atoms with E-state index in [4.69, 9.17) is 4.74 Å². The van der Waals surface area contributed by atoms with Crippen LogP contribution in [-0.2, 0) is 10.0 Å². The molecule has 3 aromatic rings. The third-order valence-corrected chi connectivity index (χ3v) is 6.64. The summed E-state index contributed by atoms with van der Waals surface area (Å²) in [5.74, 6) is 0.652. The number of aromatic nitrogens is 2. The van der Waals surface area contributed by atoms with E-state index in [-0.39, 0.29) is 10.0 Å². The van der Waals surface area contributed by atoms with Crippen LogP contribution in [0, 0.1) is 20.8 Å². The third kappa shape index (κ3) is 3.56. The maximum atomic E-state index is 12.8. The lowest BCUT2D eigenvalue weighted by Gasteiger charge is -2.13. The molecule has 0 saturated carbocycles. The van der Waals surface area contributed by atoms with Crippen molar-refractivity contribution in [2.75, 3.05) is 11.8 Å². The molecule has 0 aliphatic heterocycles. The summed E-state index contributed by atoms with van der Waals surface area (Å²) in [6, 6.07) is 11.0. The number of benzene rings is 2. The van der Waals surface area contributed by atoms with Crippen molar-refractivity contribution in [2.45, 2.75) is 25.7 Å². The zero-order valence-electron chi connectivity index (χ0n) is 14.9. The topological polar surface area (TPSA) is 81.2 Å². The Morgan fingerprint density at radius 3 is 2.31 bits per heavy atom. The number of sulfonamides is 1. The first-order valence-electron chi connectivity index (χ1n) is 7.89. The van der Waals surface area contributed by atoms with Gasteiger partial charge in [0, 0.05) is 5.56 Å². The molecule has 0 bridgehead atoms. The number of methoxy groups -OCH3 is 1. The van der Waals surface area contributed by atoms with Crippen LogP contribution in [0.2, 0.25) is 0 Å². The summed E-state index contributed by atoms with van der Waals surface area (Å²) in [5.41, 5.74) is 3.47. The summed E-state index contributed by atoms with van der Waals surface area (Å²) in [7, 11) is -2.21. The Morgan fingerprint density at radius 2 is 1.65 bits per heavy atom. The van der Waals surface area contributed by atoms with Gasteiger partial charge in [-0.1, -0.05) is 41.2 Å². The standard InChI is InChI=1S/C18H19N3O3S2/c1-11-5-7-14(8-6-11)17-19-20-18(25-17)21-26(22,23)16-10-9-15(24-4)12(2)13(16)3/h5-10H,1-4H3,(H,20,21). The second kappa shape index (κ2) is 7.05. The molecular formula is C18H19N3O3S2. The smallest absolute Gasteiger partial charge is 0.263 e. The van der Waals surface area contributed by atoms with E-state index in [1.807, 2.05) is 38.1 Å². The van der Waals surface area contributed by atoms with Crippen LogP contribution in [0.3, 0.4) is 0 Å². The molecular weight excluding hydrogens is 370 g/mol. The molecule has 1 N–H and O–H groups in total. The fourth-order valence-corrected chi connectivity index (χ4v) is 4.81. The van der Waals surface area contributed by atoms with Gasteiger partial charge in [-0.3, -0.25) is 4.72 Å². The Bertz CT molecular complexity index is 1040. The Morgan fingerprint density at radius 1 is 0.962 bits per heavy atom. The molecule has 136 valence electrons. The summed E-state index contributed by atoms with van der Waals surface area (Å²) >= 11 is 1.19. The number of nitrogens with zero attached hydrogens (tertiary/aromatic N) is 2. The first-order chi connectivity index (χ1) is 12.3. The van der Waals surface area contributed by atoms with Crippen molar-refractivity contribution >= 4 is 26.5 Å². The first-order valence-corrected chi connectivity index (χ1v) is 10.2. The highest BCUT2D eigenvalue weighted by Crippen LogP contribution is 2.31. The molecule has 2 aromatic carbocycles. The molecule has 26 heavy (non-hydrogen) atoms. The zero-order valence-corrected chi connectivity index (χ0v) is 16.5. The first kappa shape index (κ1) is 18.3. The molecule has 0 aliphatic rings. The van der Waals surface area contributed by atoms with Crippen molar-refractivity contribution in [1.82, 2.24) is 10.2 Å². The van der Waals surface area contributed by atoms with Crippen molar-refractivity contribution < 1.29 is 13.2 Å². The number of hydrogen-bond donors (Lipinski definition) is 1. The van der Waals surface area contributed by atoms with Gasteiger partial charge in [0.2, 0.25) is 5.13 Å². The Balaban J connectivity index is 1.89. The molecule has 0 fully saturated rings. The van der Waals surface area contributed by atoms with Crippen LogP contribution >= 0.6 is 11.3 Å². The molecule has 1 aromatic heterocycles. The van der Waals surface area contributed by atoms with Gasteiger partial charge in [-0.05, 0) is 44.0 Å². The van der Waals surface area contributed by atoms with Crippen LogP contribution in [0.15, 0.2) is 41.3 Å². The Labute approximate surface area is 156 Å².